The van der Waals surface area contributed by atoms with Crippen molar-refractivity contribution in [2.45, 2.75) is 81.2 Å². The number of nitrogens with one attached hydrogen (secondary N) is 2. The molecule has 6 aliphatic rings. The first kappa shape index (κ1) is 21.5. The van der Waals surface area contributed by atoms with Crippen LogP contribution in [0.25, 0.3) is 0 Å². The van der Waals surface area contributed by atoms with Gasteiger partial charge in [0, 0.05) is 43.8 Å². The van der Waals surface area contributed by atoms with Crippen LogP contribution in [0.15, 0.2) is 24.3 Å². The van der Waals surface area contributed by atoms with Gasteiger partial charge in [0.05, 0.1) is 0 Å². The van der Waals surface area contributed by atoms with E-state index < -0.39 is 0 Å². The predicted octanol–water partition coefficient (Wildman–Crippen LogP) is 3.92. The van der Waals surface area contributed by atoms with Gasteiger partial charge in [0.2, 0.25) is 5.91 Å². The fraction of sp³-hybridized carbons (Fsp3) is 0.704. The Morgan fingerprint density at radius 3 is 2.18 bits per heavy atom. The highest BCUT2D eigenvalue weighted by molar-refractivity contribution is 5.79. The predicted molar refractivity (Wildman–Crippen MR) is 126 cm³/mol. The summed E-state index contributed by atoms with van der Waals surface area (Å²) in [5, 5.41) is 6.75. The summed E-state index contributed by atoms with van der Waals surface area (Å²) in [5.41, 5.74) is 3.00. The van der Waals surface area contributed by atoms with Crippen molar-refractivity contribution in [2.75, 3.05) is 26.3 Å². The number of nitrogens with zero attached hydrogens (tertiary/aromatic N) is 1. The Bertz CT molecular complexity index is 869. The highest BCUT2D eigenvalue weighted by Crippen LogP contribution is 2.57. The Morgan fingerprint density at radius 2 is 1.55 bits per heavy atom. The van der Waals surface area contributed by atoms with Crippen LogP contribution in [0.3, 0.4) is 0 Å². The van der Waals surface area contributed by atoms with Gasteiger partial charge in [-0.2, -0.15) is 0 Å². The molecule has 3 amide bonds. The third-order valence-corrected chi connectivity index (χ3v) is 9.16. The maximum Gasteiger partial charge on any atom is 0.315 e. The molecule has 178 valence electrons. The van der Waals surface area contributed by atoms with Crippen LogP contribution in [-0.4, -0.2) is 54.7 Å². The molecule has 2 unspecified atom stereocenters. The number of hydrogen-bond donors (Lipinski definition) is 2. The van der Waals surface area contributed by atoms with Crippen LogP contribution in [-0.2, 0) is 9.53 Å². The molecule has 4 aliphatic carbocycles. The van der Waals surface area contributed by atoms with Gasteiger partial charge in [-0.15, -0.1) is 0 Å². The Morgan fingerprint density at radius 1 is 0.909 bits per heavy atom. The number of likely N-dealkylation sites (tertiary alicyclic amines) is 1. The smallest absolute Gasteiger partial charge is 0.315 e. The number of piperidine rings is 1. The fourth-order valence-electron chi connectivity index (χ4n) is 7.77. The van der Waals surface area contributed by atoms with Crippen LogP contribution in [0, 0.1) is 11.8 Å². The van der Waals surface area contributed by atoms with Gasteiger partial charge in [-0.3, -0.25) is 4.79 Å². The summed E-state index contributed by atoms with van der Waals surface area (Å²) in [5.74, 6) is 2.27. The monoisotopic (exact) mass is 451 g/mol. The molecule has 2 saturated heterocycles. The summed E-state index contributed by atoms with van der Waals surface area (Å²) in [7, 11) is 0. The SMILES string of the molecule is O=C(NC1CCN(C(=O)C2CCOCC2)CC1)NC12CC3CC(C1)c1ccccc1C(C3)C2. The Kier molecular flexibility index (Phi) is 5.60. The summed E-state index contributed by atoms with van der Waals surface area (Å²) in [6, 6.07) is 9.15. The minimum Gasteiger partial charge on any atom is -0.381 e. The Hall–Kier alpha value is -2.08. The lowest BCUT2D eigenvalue weighted by Crippen LogP contribution is -2.59. The molecule has 2 saturated carbocycles. The largest absolute Gasteiger partial charge is 0.381 e. The number of urea groups is 1. The van der Waals surface area contributed by atoms with Gasteiger partial charge in [-0.25, -0.2) is 4.79 Å². The molecule has 6 nitrogen and oxygen atoms in total. The van der Waals surface area contributed by atoms with Crippen LogP contribution in [0.2, 0.25) is 0 Å². The number of carbonyl (C=O) groups is 2. The van der Waals surface area contributed by atoms with Gasteiger partial charge in [-0.05, 0) is 86.7 Å². The first-order chi connectivity index (χ1) is 16.1. The maximum absolute atomic E-state index is 13.1. The van der Waals surface area contributed by atoms with Crippen LogP contribution < -0.4 is 10.6 Å². The summed E-state index contributed by atoms with van der Waals surface area (Å²) in [6.07, 6.45) is 9.19. The standard InChI is InChI=1S/C27H37N3O3/c31-25(19-7-11-33-12-8-19)30-9-5-22(6-10-30)28-26(32)29-27-15-18-13-20(16-27)23-3-1-2-4-24(23)21(14-18)17-27/h1-4,18-22H,5-17H2,(H2,28,29,32). The molecule has 2 heterocycles. The van der Waals surface area contributed by atoms with E-state index in [0.29, 0.717) is 25.0 Å². The van der Waals surface area contributed by atoms with Crippen LogP contribution in [0.4, 0.5) is 4.79 Å². The minimum atomic E-state index is -0.0701. The van der Waals surface area contributed by atoms with E-state index in [4.69, 9.17) is 4.74 Å². The average Bonchev–Trinajstić information content (AvgIpc) is 2.99. The van der Waals surface area contributed by atoms with Crippen molar-refractivity contribution in [2.24, 2.45) is 11.8 Å². The molecule has 0 radical (unpaired) electrons. The maximum atomic E-state index is 13.1. The molecule has 6 heteroatoms. The second kappa shape index (κ2) is 8.61. The van der Waals surface area contributed by atoms with Gasteiger partial charge in [0.15, 0.2) is 0 Å². The quantitative estimate of drug-likeness (QED) is 0.732. The molecule has 33 heavy (non-hydrogen) atoms. The van der Waals surface area contributed by atoms with Crippen molar-refractivity contribution >= 4 is 11.9 Å². The second-order valence-corrected chi connectivity index (χ2v) is 11.3. The number of carbonyl (C=O) groups excluding carboxylic acids is 2. The van der Waals surface area contributed by atoms with Gasteiger partial charge in [-0.1, -0.05) is 24.3 Å². The number of amides is 3. The van der Waals surface area contributed by atoms with Crippen molar-refractivity contribution in [3.63, 3.8) is 0 Å². The van der Waals surface area contributed by atoms with Gasteiger partial charge >= 0.3 is 6.03 Å². The third-order valence-electron chi connectivity index (χ3n) is 9.16. The summed E-state index contributed by atoms with van der Waals surface area (Å²) in [4.78, 5) is 27.9. The zero-order chi connectivity index (χ0) is 22.4. The van der Waals surface area contributed by atoms with E-state index >= 15 is 0 Å². The van der Waals surface area contributed by atoms with E-state index in [1.165, 1.54) is 24.0 Å². The molecule has 7 rings (SSSR count). The lowest BCUT2D eigenvalue weighted by Gasteiger charge is -2.49. The summed E-state index contributed by atoms with van der Waals surface area (Å²) < 4.78 is 5.40. The topological polar surface area (TPSA) is 70.7 Å². The number of rotatable bonds is 3. The normalized spacial score (nSPS) is 33.9. The van der Waals surface area contributed by atoms with Crippen molar-refractivity contribution in [1.82, 2.24) is 15.5 Å². The molecule has 2 atom stereocenters. The molecule has 1 aromatic carbocycles. The van der Waals surface area contributed by atoms with Gasteiger partial charge < -0.3 is 20.3 Å². The van der Waals surface area contributed by atoms with Gasteiger partial charge in [0.1, 0.15) is 0 Å². The average molecular weight is 452 g/mol. The van der Waals surface area contributed by atoms with Crippen LogP contribution in [0.5, 0.6) is 0 Å². The van der Waals surface area contributed by atoms with E-state index in [1.807, 2.05) is 4.90 Å². The van der Waals surface area contributed by atoms with E-state index in [1.54, 1.807) is 0 Å². The third kappa shape index (κ3) is 4.16. The molecule has 2 N–H and O–H groups in total. The van der Waals surface area contributed by atoms with E-state index in [9.17, 15) is 9.59 Å². The molecule has 4 fully saturated rings. The van der Waals surface area contributed by atoms with Crippen LogP contribution in [0.1, 0.15) is 80.8 Å². The molecular formula is C27H37N3O3. The van der Waals surface area contributed by atoms with Crippen molar-refractivity contribution in [3.05, 3.63) is 35.4 Å². The highest BCUT2D eigenvalue weighted by atomic mass is 16.5. The number of benzene rings is 1. The zero-order valence-electron chi connectivity index (χ0n) is 19.6. The number of hydrogen-bond acceptors (Lipinski definition) is 3. The lowest BCUT2D eigenvalue weighted by molar-refractivity contribution is -0.139. The van der Waals surface area contributed by atoms with E-state index in [0.717, 1.165) is 64.0 Å². The first-order valence-corrected chi connectivity index (χ1v) is 13.1. The second-order valence-electron chi connectivity index (χ2n) is 11.3. The summed E-state index contributed by atoms with van der Waals surface area (Å²) >= 11 is 0. The molecular weight excluding hydrogens is 414 g/mol. The Balaban J connectivity index is 1.05. The minimum absolute atomic E-state index is 0.00443. The van der Waals surface area contributed by atoms with Gasteiger partial charge in [0.25, 0.3) is 0 Å². The van der Waals surface area contributed by atoms with E-state index in [2.05, 4.69) is 34.9 Å². The Labute approximate surface area is 196 Å². The molecule has 0 aromatic heterocycles. The van der Waals surface area contributed by atoms with Crippen LogP contribution >= 0.6 is 0 Å². The summed E-state index contributed by atoms with van der Waals surface area (Å²) in [6.45, 7) is 2.88. The molecule has 2 aliphatic heterocycles. The molecule has 4 bridgehead atoms. The van der Waals surface area contributed by atoms with Crippen molar-refractivity contribution in [3.8, 4) is 0 Å². The molecule has 0 spiro atoms. The fourth-order valence-corrected chi connectivity index (χ4v) is 7.77. The number of ether oxygens (including phenoxy) is 1. The van der Waals surface area contributed by atoms with E-state index in [-0.39, 0.29) is 29.4 Å². The molecule has 1 aromatic rings. The zero-order valence-corrected chi connectivity index (χ0v) is 19.6. The first-order valence-electron chi connectivity index (χ1n) is 13.1. The lowest BCUT2D eigenvalue weighted by atomic mass is 9.62. The van der Waals surface area contributed by atoms with Crippen molar-refractivity contribution in [1.29, 1.82) is 0 Å². The highest BCUT2D eigenvalue weighted by Gasteiger charge is 2.51. The van der Waals surface area contributed by atoms with Crippen molar-refractivity contribution < 1.29 is 14.3 Å².